The maximum Gasteiger partial charge on any atom is 0.131 e. The summed E-state index contributed by atoms with van der Waals surface area (Å²) in [5, 5.41) is 12.1. The summed E-state index contributed by atoms with van der Waals surface area (Å²) in [6.07, 6.45) is 1.62. The van der Waals surface area contributed by atoms with Crippen molar-refractivity contribution in [1.29, 1.82) is 0 Å². The predicted octanol–water partition coefficient (Wildman–Crippen LogP) is 1.14. The fourth-order valence-corrected chi connectivity index (χ4v) is 1.41. The number of rotatable bonds is 6. The van der Waals surface area contributed by atoms with E-state index in [9.17, 15) is 0 Å². The van der Waals surface area contributed by atoms with Crippen LogP contribution >= 0.6 is 15.9 Å². The third-order valence-electron chi connectivity index (χ3n) is 1.83. The van der Waals surface area contributed by atoms with Gasteiger partial charge in [0.2, 0.25) is 0 Å². The molecule has 14 heavy (non-hydrogen) atoms. The Labute approximate surface area is 91.4 Å². The van der Waals surface area contributed by atoms with Crippen LogP contribution in [0.25, 0.3) is 0 Å². The van der Waals surface area contributed by atoms with Crippen molar-refractivity contribution in [3.63, 3.8) is 0 Å². The molecule has 0 amide bonds. The van der Waals surface area contributed by atoms with E-state index in [4.69, 9.17) is 14.3 Å². The summed E-state index contributed by atoms with van der Waals surface area (Å²) in [6, 6.07) is 1.78. The van der Waals surface area contributed by atoms with E-state index in [0.717, 1.165) is 10.2 Å². The quantitative estimate of drug-likeness (QED) is 0.809. The van der Waals surface area contributed by atoms with Gasteiger partial charge >= 0.3 is 0 Å². The third kappa shape index (κ3) is 3.42. The first kappa shape index (κ1) is 11.7. The molecule has 0 aliphatic rings. The van der Waals surface area contributed by atoms with E-state index >= 15 is 0 Å². The molecule has 1 aromatic rings. The maximum absolute atomic E-state index is 8.97. The molecule has 0 aliphatic heterocycles. The number of ether oxygens (including phenoxy) is 1. The summed E-state index contributed by atoms with van der Waals surface area (Å²) in [5.41, 5.74) is 0. The van der Waals surface area contributed by atoms with Crippen LogP contribution in [0, 0.1) is 0 Å². The topological polar surface area (TPSA) is 54.6 Å². The van der Waals surface area contributed by atoms with Crippen molar-refractivity contribution in [2.45, 2.75) is 12.6 Å². The van der Waals surface area contributed by atoms with Gasteiger partial charge in [-0.3, -0.25) is 0 Å². The average Bonchev–Trinajstić information content (AvgIpc) is 2.59. The Morgan fingerprint density at radius 3 is 3.00 bits per heavy atom. The predicted molar refractivity (Wildman–Crippen MR) is 56.0 cm³/mol. The zero-order chi connectivity index (χ0) is 10.4. The van der Waals surface area contributed by atoms with Crippen molar-refractivity contribution in [2.24, 2.45) is 0 Å². The van der Waals surface area contributed by atoms with Gasteiger partial charge in [0.25, 0.3) is 0 Å². The molecule has 1 atom stereocenters. The normalized spacial score (nSPS) is 13.1. The molecule has 1 aromatic heterocycles. The number of methoxy groups -OCH3 is 1. The summed E-state index contributed by atoms with van der Waals surface area (Å²) >= 11 is 3.35. The Balaban J connectivity index is 2.35. The number of halogens is 1. The van der Waals surface area contributed by atoms with Crippen LogP contribution in [0.2, 0.25) is 0 Å². The molecule has 0 saturated heterocycles. The van der Waals surface area contributed by atoms with Gasteiger partial charge in [0.1, 0.15) is 5.76 Å². The van der Waals surface area contributed by atoms with Crippen molar-refractivity contribution in [1.82, 2.24) is 5.32 Å². The van der Waals surface area contributed by atoms with Crippen LogP contribution in [0.4, 0.5) is 0 Å². The van der Waals surface area contributed by atoms with Crippen molar-refractivity contribution in [3.8, 4) is 0 Å². The Bertz CT molecular complexity index is 264. The van der Waals surface area contributed by atoms with Gasteiger partial charge in [0.05, 0.1) is 36.5 Å². The molecule has 1 heterocycles. The standard InChI is InChI=1S/C9H14BrNO3/c1-13-6-7(5-12)11-4-9-8(10)2-3-14-9/h2-3,7,11-12H,4-6H2,1H3. The molecule has 1 rings (SSSR count). The third-order valence-corrected chi connectivity index (χ3v) is 2.54. The molecule has 0 aromatic carbocycles. The highest BCUT2D eigenvalue weighted by Crippen LogP contribution is 2.16. The lowest BCUT2D eigenvalue weighted by atomic mass is 10.3. The molecule has 1 unspecified atom stereocenters. The van der Waals surface area contributed by atoms with E-state index in [-0.39, 0.29) is 12.6 Å². The van der Waals surface area contributed by atoms with Crippen molar-refractivity contribution >= 4 is 15.9 Å². The van der Waals surface area contributed by atoms with E-state index in [0.29, 0.717) is 13.2 Å². The zero-order valence-electron chi connectivity index (χ0n) is 8.00. The van der Waals surface area contributed by atoms with Crippen LogP contribution in [-0.2, 0) is 11.3 Å². The highest BCUT2D eigenvalue weighted by molar-refractivity contribution is 9.10. The van der Waals surface area contributed by atoms with Crippen LogP contribution < -0.4 is 5.32 Å². The van der Waals surface area contributed by atoms with Crippen LogP contribution in [0.3, 0.4) is 0 Å². The maximum atomic E-state index is 8.97. The molecular formula is C9H14BrNO3. The van der Waals surface area contributed by atoms with Gasteiger partial charge in [0.15, 0.2) is 0 Å². The molecule has 0 radical (unpaired) electrons. The number of hydrogen-bond donors (Lipinski definition) is 2. The molecule has 2 N–H and O–H groups in total. The number of hydrogen-bond acceptors (Lipinski definition) is 4. The van der Waals surface area contributed by atoms with Crippen LogP contribution in [0.15, 0.2) is 21.2 Å². The van der Waals surface area contributed by atoms with E-state index in [1.807, 2.05) is 6.07 Å². The highest BCUT2D eigenvalue weighted by Gasteiger charge is 2.08. The number of furan rings is 1. The lowest BCUT2D eigenvalue weighted by molar-refractivity contribution is 0.127. The second-order valence-electron chi connectivity index (χ2n) is 2.91. The van der Waals surface area contributed by atoms with Crippen molar-refractivity contribution < 1.29 is 14.3 Å². The smallest absolute Gasteiger partial charge is 0.131 e. The van der Waals surface area contributed by atoms with Crippen LogP contribution in [0.1, 0.15) is 5.76 Å². The fraction of sp³-hybridized carbons (Fsp3) is 0.556. The van der Waals surface area contributed by atoms with Gasteiger partial charge in [-0.05, 0) is 22.0 Å². The lowest BCUT2D eigenvalue weighted by Crippen LogP contribution is -2.35. The van der Waals surface area contributed by atoms with Crippen molar-refractivity contribution in [2.75, 3.05) is 20.3 Å². The number of aliphatic hydroxyl groups excluding tert-OH is 1. The Morgan fingerprint density at radius 1 is 1.71 bits per heavy atom. The molecule has 0 fully saturated rings. The first-order valence-electron chi connectivity index (χ1n) is 4.33. The second kappa shape index (κ2) is 6.19. The second-order valence-corrected chi connectivity index (χ2v) is 3.76. The van der Waals surface area contributed by atoms with Gasteiger partial charge in [-0.2, -0.15) is 0 Å². The van der Waals surface area contributed by atoms with Crippen molar-refractivity contribution in [3.05, 3.63) is 22.6 Å². The largest absolute Gasteiger partial charge is 0.467 e. The highest BCUT2D eigenvalue weighted by atomic mass is 79.9. The van der Waals surface area contributed by atoms with Gasteiger partial charge in [-0.15, -0.1) is 0 Å². The fourth-order valence-electron chi connectivity index (χ4n) is 1.07. The van der Waals surface area contributed by atoms with Crippen LogP contribution in [-0.4, -0.2) is 31.5 Å². The molecule has 80 valence electrons. The summed E-state index contributed by atoms with van der Waals surface area (Å²) < 4.78 is 11.1. The van der Waals surface area contributed by atoms with Gasteiger partial charge in [-0.25, -0.2) is 0 Å². The zero-order valence-corrected chi connectivity index (χ0v) is 9.58. The monoisotopic (exact) mass is 263 g/mol. The summed E-state index contributed by atoms with van der Waals surface area (Å²) in [6.45, 7) is 1.10. The van der Waals surface area contributed by atoms with Gasteiger partial charge in [0, 0.05) is 7.11 Å². The van der Waals surface area contributed by atoms with E-state index in [2.05, 4.69) is 21.2 Å². The molecule has 4 nitrogen and oxygen atoms in total. The average molecular weight is 264 g/mol. The minimum Gasteiger partial charge on any atom is -0.467 e. The minimum atomic E-state index is -0.0583. The van der Waals surface area contributed by atoms with Gasteiger partial charge < -0.3 is 19.6 Å². The lowest BCUT2D eigenvalue weighted by Gasteiger charge is -2.13. The van der Waals surface area contributed by atoms with Gasteiger partial charge in [-0.1, -0.05) is 0 Å². The number of aliphatic hydroxyl groups is 1. The summed E-state index contributed by atoms with van der Waals surface area (Å²) in [4.78, 5) is 0. The Morgan fingerprint density at radius 2 is 2.50 bits per heavy atom. The first-order chi connectivity index (χ1) is 6.77. The summed E-state index contributed by atoms with van der Waals surface area (Å²) in [5.74, 6) is 0.819. The van der Waals surface area contributed by atoms with Crippen LogP contribution in [0.5, 0.6) is 0 Å². The van der Waals surface area contributed by atoms with E-state index < -0.39 is 0 Å². The Hall–Kier alpha value is -0.360. The van der Waals surface area contributed by atoms with E-state index in [1.165, 1.54) is 0 Å². The SMILES string of the molecule is COCC(CO)NCc1occc1Br. The molecular weight excluding hydrogens is 250 g/mol. The molecule has 0 spiro atoms. The first-order valence-corrected chi connectivity index (χ1v) is 5.12. The van der Waals surface area contributed by atoms with E-state index in [1.54, 1.807) is 13.4 Å². The minimum absolute atomic E-state index is 0.0478. The summed E-state index contributed by atoms with van der Waals surface area (Å²) in [7, 11) is 1.60. The number of nitrogens with one attached hydrogen (secondary N) is 1. The molecule has 0 aliphatic carbocycles. The Kier molecular flexibility index (Phi) is 5.17. The molecule has 0 saturated carbocycles. The molecule has 5 heteroatoms. The molecule has 0 bridgehead atoms.